The second kappa shape index (κ2) is 7.74. The standard InChI is InChI=1S/C17H15Cl3N2O3S/c18-13-6-4-12(5-7-13)17(23)21-8-10-22(11-9-21)26(24,25)16-14(19)2-1-3-15(16)20/h1-7H,8-11H2. The van der Waals surface area contributed by atoms with Crippen molar-refractivity contribution >= 4 is 50.7 Å². The van der Waals surface area contributed by atoms with E-state index in [1.54, 1.807) is 35.2 Å². The van der Waals surface area contributed by atoms with Crippen LogP contribution in [0.3, 0.4) is 0 Å². The summed E-state index contributed by atoms with van der Waals surface area (Å²) in [5.74, 6) is -0.158. The van der Waals surface area contributed by atoms with E-state index in [9.17, 15) is 13.2 Å². The number of amides is 1. The molecule has 9 heteroatoms. The van der Waals surface area contributed by atoms with Crippen LogP contribution in [0.5, 0.6) is 0 Å². The van der Waals surface area contributed by atoms with Crippen molar-refractivity contribution in [2.75, 3.05) is 26.2 Å². The number of rotatable bonds is 3. The summed E-state index contributed by atoms with van der Waals surface area (Å²) >= 11 is 17.9. The predicted octanol–water partition coefficient (Wildman–Crippen LogP) is 3.79. The number of benzene rings is 2. The Morgan fingerprint density at radius 3 is 1.92 bits per heavy atom. The first kappa shape index (κ1) is 19.5. The molecule has 0 saturated carbocycles. The summed E-state index contributed by atoms with van der Waals surface area (Å²) < 4.78 is 27.0. The van der Waals surface area contributed by atoms with Crippen LogP contribution in [-0.4, -0.2) is 49.7 Å². The van der Waals surface area contributed by atoms with Gasteiger partial charge in [0.25, 0.3) is 5.91 Å². The van der Waals surface area contributed by atoms with Gasteiger partial charge in [-0.2, -0.15) is 4.31 Å². The maximum Gasteiger partial charge on any atom is 0.253 e. The van der Waals surface area contributed by atoms with Crippen LogP contribution in [0.1, 0.15) is 10.4 Å². The summed E-state index contributed by atoms with van der Waals surface area (Å²) in [6.45, 7) is 0.901. The van der Waals surface area contributed by atoms with Crippen LogP contribution >= 0.6 is 34.8 Å². The minimum Gasteiger partial charge on any atom is -0.336 e. The Morgan fingerprint density at radius 2 is 1.38 bits per heavy atom. The molecule has 1 fully saturated rings. The normalized spacial score (nSPS) is 15.9. The van der Waals surface area contributed by atoms with Gasteiger partial charge in [-0.3, -0.25) is 4.79 Å². The summed E-state index contributed by atoms with van der Waals surface area (Å²) in [6, 6.07) is 11.2. The molecular weight excluding hydrogens is 419 g/mol. The maximum absolute atomic E-state index is 12.9. The third kappa shape index (κ3) is 3.85. The lowest BCUT2D eigenvalue weighted by atomic mass is 10.2. The Morgan fingerprint density at radius 1 is 0.846 bits per heavy atom. The number of sulfonamides is 1. The highest BCUT2D eigenvalue weighted by atomic mass is 35.5. The summed E-state index contributed by atoms with van der Waals surface area (Å²) in [7, 11) is -3.83. The number of hydrogen-bond acceptors (Lipinski definition) is 3. The molecule has 0 unspecified atom stereocenters. The third-order valence-electron chi connectivity index (χ3n) is 4.13. The zero-order valence-corrected chi connectivity index (χ0v) is 16.6. The zero-order valence-electron chi connectivity index (χ0n) is 13.5. The number of carbonyl (C=O) groups excluding carboxylic acids is 1. The quantitative estimate of drug-likeness (QED) is 0.740. The smallest absolute Gasteiger partial charge is 0.253 e. The van der Waals surface area contributed by atoms with E-state index < -0.39 is 10.0 Å². The number of hydrogen-bond donors (Lipinski definition) is 0. The molecule has 0 N–H and O–H groups in total. The van der Waals surface area contributed by atoms with Gasteiger partial charge in [0.1, 0.15) is 4.90 Å². The Labute approximate surface area is 167 Å². The molecule has 0 bridgehead atoms. The van der Waals surface area contributed by atoms with Gasteiger partial charge in [0.15, 0.2) is 0 Å². The van der Waals surface area contributed by atoms with E-state index in [1.165, 1.54) is 16.4 Å². The van der Waals surface area contributed by atoms with Crippen molar-refractivity contribution in [2.24, 2.45) is 0 Å². The summed E-state index contributed by atoms with van der Waals surface area (Å²) in [4.78, 5) is 14.0. The molecule has 2 aromatic carbocycles. The van der Waals surface area contributed by atoms with Crippen molar-refractivity contribution in [1.29, 1.82) is 0 Å². The van der Waals surface area contributed by atoms with Gasteiger partial charge < -0.3 is 4.90 Å². The van der Waals surface area contributed by atoms with Gasteiger partial charge in [-0.25, -0.2) is 8.42 Å². The molecule has 0 aliphatic carbocycles. The lowest BCUT2D eigenvalue weighted by Gasteiger charge is -2.34. The Bertz CT molecular complexity index is 905. The van der Waals surface area contributed by atoms with Gasteiger partial charge in [0.2, 0.25) is 10.0 Å². The van der Waals surface area contributed by atoms with Crippen LogP contribution in [0.15, 0.2) is 47.4 Å². The fourth-order valence-corrected chi connectivity index (χ4v) is 5.40. The van der Waals surface area contributed by atoms with Crippen LogP contribution in [0, 0.1) is 0 Å². The largest absolute Gasteiger partial charge is 0.336 e. The third-order valence-corrected chi connectivity index (χ3v) is 7.24. The van der Waals surface area contributed by atoms with E-state index in [2.05, 4.69) is 0 Å². The van der Waals surface area contributed by atoms with Gasteiger partial charge in [-0.05, 0) is 36.4 Å². The van der Waals surface area contributed by atoms with Crippen molar-refractivity contribution in [3.05, 3.63) is 63.1 Å². The van der Waals surface area contributed by atoms with Gasteiger partial charge in [0.05, 0.1) is 10.0 Å². The SMILES string of the molecule is O=C(c1ccc(Cl)cc1)N1CCN(S(=O)(=O)c2c(Cl)cccc2Cl)CC1. The van der Waals surface area contributed by atoms with E-state index in [0.717, 1.165) is 0 Å². The molecule has 138 valence electrons. The van der Waals surface area contributed by atoms with Gasteiger partial charge in [0, 0.05) is 36.8 Å². The van der Waals surface area contributed by atoms with E-state index in [1.807, 2.05) is 0 Å². The minimum absolute atomic E-state index is 0.0807. The highest BCUT2D eigenvalue weighted by molar-refractivity contribution is 7.89. The fourth-order valence-electron chi connectivity index (χ4n) is 2.76. The predicted molar refractivity (Wildman–Crippen MR) is 103 cm³/mol. The molecule has 26 heavy (non-hydrogen) atoms. The fraction of sp³-hybridized carbons (Fsp3) is 0.235. The molecular formula is C17H15Cl3N2O3S. The highest BCUT2D eigenvalue weighted by Crippen LogP contribution is 2.32. The molecule has 0 spiro atoms. The molecule has 1 amide bonds. The molecule has 1 aliphatic heterocycles. The van der Waals surface area contributed by atoms with Crippen molar-refractivity contribution < 1.29 is 13.2 Å². The van der Waals surface area contributed by atoms with Gasteiger partial charge in [-0.15, -0.1) is 0 Å². The topological polar surface area (TPSA) is 57.7 Å². The second-order valence-electron chi connectivity index (χ2n) is 5.75. The van der Waals surface area contributed by atoms with Crippen LogP contribution in [0.4, 0.5) is 0 Å². The van der Waals surface area contributed by atoms with Crippen LogP contribution < -0.4 is 0 Å². The average Bonchev–Trinajstić information content (AvgIpc) is 2.61. The maximum atomic E-state index is 12.9. The number of nitrogens with zero attached hydrogens (tertiary/aromatic N) is 2. The Hall–Kier alpha value is -1.31. The van der Waals surface area contributed by atoms with E-state index >= 15 is 0 Å². The lowest BCUT2D eigenvalue weighted by molar-refractivity contribution is 0.0698. The molecule has 0 radical (unpaired) electrons. The first-order chi connectivity index (χ1) is 12.3. The van der Waals surface area contributed by atoms with Gasteiger partial charge in [-0.1, -0.05) is 40.9 Å². The molecule has 1 saturated heterocycles. The monoisotopic (exact) mass is 432 g/mol. The molecule has 5 nitrogen and oxygen atoms in total. The molecule has 0 aromatic heterocycles. The Balaban J connectivity index is 1.74. The summed E-state index contributed by atoms with van der Waals surface area (Å²) in [5, 5.41) is 0.712. The average molecular weight is 434 g/mol. The van der Waals surface area contributed by atoms with Crippen LogP contribution in [0.25, 0.3) is 0 Å². The van der Waals surface area contributed by atoms with E-state index in [0.29, 0.717) is 10.6 Å². The van der Waals surface area contributed by atoms with Gasteiger partial charge >= 0.3 is 0 Å². The Kier molecular flexibility index (Phi) is 5.79. The highest BCUT2D eigenvalue weighted by Gasteiger charge is 2.33. The second-order valence-corrected chi connectivity index (χ2v) is 8.88. The first-order valence-corrected chi connectivity index (χ1v) is 10.4. The van der Waals surface area contributed by atoms with Crippen molar-refractivity contribution in [3.63, 3.8) is 0 Å². The summed E-state index contributed by atoms with van der Waals surface area (Å²) in [6.07, 6.45) is 0. The van der Waals surface area contributed by atoms with Crippen LogP contribution in [-0.2, 0) is 10.0 Å². The number of carbonyl (C=O) groups is 1. The molecule has 3 rings (SSSR count). The van der Waals surface area contributed by atoms with Crippen LogP contribution in [0.2, 0.25) is 15.1 Å². The lowest BCUT2D eigenvalue weighted by Crippen LogP contribution is -2.50. The molecule has 1 aliphatic rings. The van der Waals surface area contributed by atoms with Crippen molar-refractivity contribution in [1.82, 2.24) is 9.21 Å². The number of halogens is 3. The minimum atomic E-state index is -3.83. The molecule has 0 atom stereocenters. The van der Waals surface area contributed by atoms with E-state index in [-0.39, 0.29) is 47.0 Å². The van der Waals surface area contributed by atoms with Crippen molar-refractivity contribution in [3.8, 4) is 0 Å². The first-order valence-electron chi connectivity index (χ1n) is 7.80. The molecule has 1 heterocycles. The number of piperazine rings is 1. The van der Waals surface area contributed by atoms with E-state index in [4.69, 9.17) is 34.8 Å². The van der Waals surface area contributed by atoms with Crippen molar-refractivity contribution in [2.45, 2.75) is 4.90 Å². The zero-order chi connectivity index (χ0) is 18.9. The summed E-state index contributed by atoms with van der Waals surface area (Å²) in [5.41, 5.74) is 0.514. The molecule has 2 aromatic rings.